The lowest BCUT2D eigenvalue weighted by Gasteiger charge is -2.11. The van der Waals surface area contributed by atoms with Gasteiger partial charge in [-0.25, -0.2) is 9.78 Å². The SMILES string of the molecule is COC(=O)c1cc(-c2ccc(OC)cc2)nc2c1Cc1cc(C)c(Cl)cc1-2. The summed E-state index contributed by atoms with van der Waals surface area (Å²) in [6.07, 6.45) is 0.642. The second-order valence-electron chi connectivity index (χ2n) is 6.54. The lowest BCUT2D eigenvalue weighted by atomic mass is 10.0. The van der Waals surface area contributed by atoms with Crippen molar-refractivity contribution in [1.82, 2.24) is 4.98 Å². The number of benzene rings is 2. The van der Waals surface area contributed by atoms with Crippen LogP contribution >= 0.6 is 11.6 Å². The zero-order chi connectivity index (χ0) is 19.1. The topological polar surface area (TPSA) is 48.4 Å². The monoisotopic (exact) mass is 379 g/mol. The number of esters is 1. The van der Waals surface area contributed by atoms with Crippen LogP contribution in [0.1, 0.15) is 27.0 Å². The quantitative estimate of drug-likeness (QED) is 0.466. The van der Waals surface area contributed by atoms with Crippen molar-refractivity contribution >= 4 is 17.6 Å². The molecule has 0 spiro atoms. The number of hydrogen-bond donors (Lipinski definition) is 0. The third kappa shape index (κ3) is 2.96. The third-order valence-corrected chi connectivity index (χ3v) is 5.33. The van der Waals surface area contributed by atoms with Gasteiger partial charge in [0.25, 0.3) is 0 Å². The highest BCUT2D eigenvalue weighted by molar-refractivity contribution is 6.31. The van der Waals surface area contributed by atoms with Gasteiger partial charge in [0, 0.05) is 22.6 Å². The fraction of sp³-hybridized carbons (Fsp3) is 0.182. The second-order valence-corrected chi connectivity index (χ2v) is 6.94. The van der Waals surface area contributed by atoms with E-state index < -0.39 is 0 Å². The maximum absolute atomic E-state index is 12.4. The van der Waals surface area contributed by atoms with E-state index in [-0.39, 0.29) is 5.97 Å². The number of fused-ring (bicyclic) bond motifs is 3. The van der Waals surface area contributed by atoms with Crippen molar-refractivity contribution in [2.24, 2.45) is 0 Å². The Morgan fingerprint density at radius 3 is 2.52 bits per heavy atom. The molecule has 0 saturated carbocycles. The molecule has 1 heterocycles. The Labute approximate surface area is 162 Å². The summed E-state index contributed by atoms with van der Waals surface area (Å²) in [5.74, 6) is 0.403. The minimum atomic E-state index is -0.362. The van der Waals surface area contributed by atoms with Crippen molar-refractivity contribution in [1.29, 1.82) is 0 Å². The Morgan fingerprint density at radius 2 is 1.85 bits per heavy atom. The molecule has 136 valence electrons. The molecule has 0 bridgehead atoms. The standard InChI is InChI=1S/C22H18ClNO3/c1-12-8-14-9-17-18(22(25)27-3)11-20(13-4-6-15(26-2)7-5-13)24-21(17)16(14)10-19(12)23/h4-8,10-11H,9H2,1-3H3. The van der Waals surface area contributed by atoms with Crippen molar-refractivity contribution in [3.8, 4) is 28.3 Å². The van der Waals surface area contributed by atoms with E-state index in [1.807, 2.05) is 37.3 Å². The maximum Gasteiger partial charge on any atom is 0.338 e. The van der Waals surface area contributed by atoms with Crippen LogP contribution in [0.3, 0.4) is 0 Å². The predicted molar refractivity (Wildman–Crippen MR) is 106 cm³/mol. The maximum atomic E-state index is 12.4. The molecule has 0 unspecified atom stereocenters. The number of rotatable bonds is 3. The lowest BCUT2D eigenvalue weighted by molar-refractivity contribution is 0.0599. The van der Waals surface area contributed by atoms with Crippen molar-refractivity contribution in [2.45, 2.75) is 13.3 Å². The Bertz CT molecular complexity index is 1060. The molecular weight excluding hydrogens is 362 g/mol. The summed E-state index contributed by atoms with van der Waals surface area (Å²) in [5, 5.41) is 0.692. The summed E-state index contributed by atoms with van der Waals surface area (Å²) < 4.78 is 10.2. The molecule has 0 saturated heterocycles. The summed E-state index contributed by atoms with van der Waals surface area (Å²) in [5.41, 5.74) is 6.93. The van der Waals surface area contributed by atoms with Crippen LogP contribution in [-0.4, -0.2) is 25.2 Å². The van der Waals surface area contributed by atoms with Crippen LogP contribution in [0.4, 0.5) is 0 Å². The number of pyridine rings is 1. The van der Waals surface area contributed by atoms with E-state index in [0.717, 1.165) is 39.3 Å². The molecule has 4 nitrogen and oxygen atoms in total. The molecule has 1 aliphatic rings. The molecule has 0 amide bonds. The van der Waals surface area contributed by atoms with Gasteiger partial charge in [-0.05, 0) is 60.0 Å². The van der Waals surface area contributed by atoms with E-state index in [0.29, 0.717) is 22.7 Å². The van der Waals surface area contributed by atoms with Gasteiger partial charge in [-0.3, -0.25) is 0 Å². The Balaban J connectivity index is 1.93. The molecule has 0 N–H and O–H groups in total. The highest BCUT2D eigenvalue weighted by Crippen LogP contribution is 2.41. The first-order valence-electron chi connectivity index (χ1n) is 8.58. The summed E-state index contributed by atoms with van der Waals surface area (Å²) in [6.45, 7) is 1.98. The molecule has 0 fully saturated rings. The molecule has 0 aliphatic heterocycles. The van der Waals surface area contributed by atoms with Gasteiger partial charge < -0.3 is 9.47 Å². The van der Waals surface area contributed by atoms with E-state index in [9.17, 15) is 4.79 Å². The van der Waals surface area contributed by atoms with Gasteiger partial charge >= 0.3 is 5.97 Å². The van der Waals surface area contributed by atoms with Crippen LogP contribution in [0.25, 0.3) is 22.5 Å². The zero-order valence-corrected chi connectivity index (χ0v) is 16.1. The molecule has 0 radical (unpaired) electrons. The number of carbonyl (C=O) groups excluding carboxylic acids is 1. The van der Waals surface area contributed by atoms with Crippen molar-refractivity contribution in [2.75, 3.05) is 14.2 Å². The Kier molecular flexibility index (Phi) is 4.36. The number of halogens is 1. The van der Waals surface area contributed by atoms with Crippen LogP contribution in [-0.2, 0) is 11.2 Å². The van der Waals surface area contributed by atoms with Crippen LogP contribution in [0.2, 0.25) is 5.02 Å². The molecule has 27 heavy (non-hydrogen) atoms. The summed E-state index contributed by atoms with van der Waals surface area (Å²) in [4.78, 5) is 17.3. The van der Waals surface area contributed by atoms with Gasteiger partial charge in [0.2, 0.25) is 0 Å². The third-order valence-electron chi connectivity index (χ3n) is 4.92. The van der Waals surface area contributed by atoms with Crippen LogP contribution < -0.4 is 4.74 Å². The van der Waals surface area contributed by atoms with Crippen molar-refractivity contribution < 1.29 is 14.3 Å². The zero-order valence-electron chi connectivity index (χ0n) is 15.3. The first kappa shape index (κ1) is 17.6. The fourth-order valence-electron chi connectivity index (χ4n) is 3.47. The van der Waals surface area contributed by atoms with Gasteiger partial charge in [-0.1, -0.05) is 17.7 Å². The van der Waals surface area contributed by atoms with Gasteiger partial charge in [0.1, 0.15) is 5.75 Å². The van der Waals surface area contributed by atoms with E-state index in [1.165, 1.54) is 7.11 Å². The van der Waals surface area contributed by atoms with Crippen LogP contribution in [0.15, 0.2) is 42.5 Å². The molecule has 5 heteroatoms. The van der Waals surface area contributed by atoms with Gasteiger partial charge in [0.15, 0.2) is 0 Å². The number of carbonyl (C=O) groups is 1. The molecule has 3 aromatic rings. The van der Waals surface area contributed by atoms with Gasteiger partial charge in [0.05, 0.1) is 31.2 Å². The van der Waals surface area contributed by atoms with Crippen molar-refractivity contribution in [3.63, 3.8) is 0 Å². The number of methoxy groups -OCH3 is 2. The number of aromatic nitrogens is 1. The average Bonchev–Trinajstić information content (AvgIpc) is 3.04. The predicted octanol–water partition coefficient (Wildman–Crippen LogP) is 5.08. The van der Waals surface area contributed by atoms with Crippen LogP contribution in [0, 0.1) is 6.92 Å². The molecule has 2 aromatic carbocycles. The lowest BCUT2D eigenvalue weighted by Crippen LogP contribution is -2.07. The summed E-state index contributed by atoms with van der Waals surface area (Å²) in [7, 11) is 3.02. The molecule has 4 rings (SSSR count). The molecular formula is C22H18ClNO3. The number of aryl methyl sites for hydroxylation is 1. The largest absolute Gasteiger partial charge is 0.497 e. The molecule has 0 atom stereocenters. The highest BCUT2D eigenvalue weighted by Gasteiger charge is 2.28. The summed E-state index contributed by atoms with van der Waals surface area (Å²) >= 11 is 6.35. The Hall–Kier alpha value is -2.85. The van der Waals surface area contributed by atoms with Crippen LogP contribution in [0.5, 0.6) is 5.75 Å². The van der Waals surface area contributed by atoms with E-state index in [2.05, 4.69) is 6.07 Å². The average molecular weight is 380 g/mol. The minimum absolute atomic E-state index is 0.362. The van der Waals surface area contributed by atoms with E-state index in [4.69, 9.17) is 26.1 Å². The summed E-state index contributed by atoms with van der Waals surface area (Å²) in [6, 6.07) is 13.4. The minimum Gasteiger partial charge on any atom is -0.497 e. The highest BCUT2D eigenvalue weighted by atomic mass is 35.5. The number of ether oxygens (including phenoxy) is 2. The van der Waals surface area contributed by atoms with E-state index >= 15 is 0 Å². The van der Waals surface area contributed by atoms with Gasteiger partial charge in [-0.2, -0.15) is 0 Å². The number of nitrogens with zero attached hydrogens (tertiary/aromatic N) is 1. The van der Waals surface area contributed by atoms with Crippen molar-refractivity contribution in [3.05, 3.63) is 69.7 Å². The van der Waals surface area contributed by atoms with Gasteiger partial charge in [-0.15, -0.1) is 0 Å². The normalized spacial score (nSPS) is 11.7. The smallest absolute Gasteiger partial charge is 0.338 e. The fourth-order valence-corrected chi connectivity index (χ4v) is 3.64. The second kappa shape index (κ2) is 6.71. The number of hydrogen-bond acceptors (Lipinski definition) is 4. The first-order chi connectivity index (χ1) is 13.0. The Morgan fingerprint density at radius 1 is 1.11 bits per heavy atom. The first-order valence-corrected chi connectivity index (χ1v) is 8.95. The molecule has 1 aromatic heterocycles. The molecule has 1 aliphatic carbocycles. The van der Waals surface area contributed by atoms with E-state index in [1.54, 1.807) is 13.2 Å².